The van der Waals surface area contributed by atoms with E-state index in [-0.39, 0.29) is 11.8 Å². The third-order valence-corrected chi connectivity index (χ3v) is 6.12. The molecule has 0 fully saturated rings. The molecule has 0 saturated carbocycles. The summed E-state index contributed by atoms with van der Waals surface area (Å²) in [7, 11) is 0. The second-order valence-electron chi connectivity index (χ2n) is 3.78. The zero-order chi connectivity index (χ0) is 11.7. The van der Waals surface area contributed by atoms with Gasteiger partial charge in [-0.3, -0.25) is 0 Å². The first-order valence-electron chi connectivity index (χ1n) is 5.00. The van der Waals surface area contributed by atoms with Crippen LogP contribution in [0.4, 0.5) is 0 Å². The Morgan fingerprint density at radius 3 is 2.81 bits per heavy atom. The van der Waals surface area contributed by atoms with Crippen LogP contribution in [0.3, 0.4) is 0 Å². The SMILES string of the molecule is CC(C)C(=O)NI1OC(=[NH2+])c2ccccc21. The fourth-order valence-electron chi connectivity index (χ4n) is 1.24. The molecule has 4 nitrogen and oxygen atoms in total. The van der Waals surface area contributed by atoms with Gasteiger partial charge < -0.3 is 0 Å². The molecule has 0 aromatic heterocycles. The molecule has 0 bridgehead atoms. The molecule has 5 heteroatoms. The predicted molar refractivity (Wildman–Crippen MR) is 69.3 cm³/mol. The van der Waals surface area contributed by atoms with Crippen molar-refractivity contribution in [3.05, 3.63) is 33.4 Å². The third-order valence-electron chi connectivity index (χ3n) is 2.19. The summed E-state index contributed by atoms with van der Waals surface area (Å²) >= 11 is -2.10. The molecule has 0 unspecified atom stereocenters. The molecule has 0 aliphatic carbocycles. The van der Waals surface area contributed by atoms with Gasteiger partial charge in [-0.2, -0.15) is 0 Å². The number of carbonyl (C=O) groups is 1. The van der Waals surface area contributed by atoms with Crippen LogP contribution in [0, 0.1) is 9.49 Å². The summed E-state index contributed by atoms with van der Waals surface area (Å²) in [5.41, 5.74) is 0.928. The van der Waals surface area contributed by atoms with Crippen LogP contribution < -0.4 is 8.94 Å². The van der Waals surface area contributed by atoms with Gasteiger partial charge in [0, 0.05) is 0 Å². The molecule has 3 N–H and O–H groups in total. The quantitative estimate of drug-likeness (QED) is 0.612. The molecular weight excluding hydrogens is 319 g/mol. The van der Waals surface area contributed by atoms with Crippen molar-refractivity contribution in [3.63, 3.8) is 0 Å². The molecular formula is C11H14IN2O2+. The number of hydrogen-bond acceptors (Lipinski definition) is 2. The van der Waals surface area contributed by atoms with Gasteiger partial charge in [0.2, 0.25) is 0 Å². The van der Waals surface area contributed by atoms with Gasteiger partial charge in [-0.15, -0.1) is 0 Å². The number of hydrogen-bond donors (Lipinski definition) is 2. The van der Waals surface area contributed by atoms with Gasteiger partial charge in [-0.25, -0.2) is 0 Å². The van der Waals surface area contributed by atoms with E-state index in [1.807, 2.05) is 38.1 Å². The number of benzene rings is 1. The standard InChI is InChI=1S/C11H13IN2O2/c1-7(2)11(15)14-12-9-6-4-3-5-8(9)10(13)16-12/h3-7,13H,1-2H3,(H,14,15)/p+1. The van der Waals surface area contributed by atoms with Crippen LogP contribution in [0.5, 0.6) is 0 Å². The minimum atomic E-state index is -2.10. The molecule has 1 aromatic rings. The van der Waals surface area contributed by atoms with Gasteiger partial charge >= 0.3 is 102 Å². The van der Waals surface area contributed by atoms with Crippen LogP contribution in [-0.2, 0) is 7.86 Å². The van der Waals surface area contributed by atoms with Crippen molar-refractivity contribution >= 4 is 32.3 Å². The number of nitrogens with two attached hydrogens (primary N) is 1. The van der Waals surface area contributed by atoms with E-state index >= 15 is 0 Å². The molecule has 0 atom stereocenters. The van der Waals surface area contributed by atoms with Crippen LogP contribution >= 0.6 is 20.5 Å². The van der Waals surface area contributed by atoms with Gasteiger partial charge in [-0.1, -0.05) is 0 Å². The summed E-state index contributed by atoms with van der Waals surface area (Å²) in [6, 6.07) is 7.75. The van der Waals surface area contributed by atoms with Crippen molar-refractivity contribution in [2.45, 2.75) is 13.8 Å². The number of amides is 1. The van der Waals surface area contributed by atoms with Crippen molar-refractivity contribution in [3.8, 4) is 0 Å². The number of rotatable bonds is 2. The zero-order valence-electron chi connectivity index (χ0n) is 9.16. The Balaban J connectivity index is 2.21. The van der Waals surface area contributed by atoms with Crippen LogP contribution in [0.2, 0.25) is 0 Å². The predicted octanol–water partition coefficient (Wildman–Crippen LogP) is 0.501. The molecule has 1 heterocycles. The summed E-state index contributed by atoms with van der Waals surface area (Å²) in [4.78, 5) is 11.6. The summed E-state index contributed by atoms with van der Waals surface area (Å²) in [5, 5.41) is 5.77. The average molecular weight is 333 g/mol. The molecule has 0 spiro atoms. The molecule has 0 radical (unpaired) electrons. The summed E-state index contributed by atoms with van der Waals surface area (Å²) in [6.45, 7) is 3.72. The monoisotopic (exact) mass is 333 g/mol. The molecule has 1 aromatic carbocycles. The maximum absolute atomic E-state index is 11.6. The Morgan fingerprint density at radius 2 is 2.12 bits per heavy atom. The first-order chi connectivity index (χ1) is 7.59. The Labute approximate surface area is 102 Å². The van der Waals surface area contributed by atoms with Crippen LogP contribution in [0.1, 0.15) is 19.4 Å². The van der Waals surface area contributed by atoms with E-state index in [4.69, 9.17) is 8.48 Å². The molecule has 1 aliphatic rings. The molecule has 1 aliphatic heterocycles. The van der Waals surface area contributed by atoms with E-state index in [9.17, 15) is 4.79 Å². The Hall–Kier alpha value is -1.11. The van der Waals surface area contributed by atoms with Crippen LogP contribution in [0.25, 0.3) is 0 Å². The Morgan fingerprint density at radius 1 is 1.44 bits per heavy atom. The van der Waals surface area contributed by atoms with Crippen molar-refractivity contribution < 1.29 is 13.3 Å². The van der Waals surface area contributed by atoms with Crippen LogP contribution in [0.15, 0.2) is 24.3 Å². The second kappa shape index (κ2) is 4.40. The van der Waals surface area contributed by atoms with E-state index in [0.717, 1.165) is 9.13 Å². The van der Waals surface area contributed by atoms with E-state index in [2.05, 4.69) is 3.53 Å². The minimum absolute atomic E-state index is 0.0229. The van der Waals surface area contributed by atoms with E-state index in [0.29, 0.717) is 5.90 Å². The third kappa shape index (κ3) is 2.04. The molecule has 1 amide bonds. The molecule has 0 saturated heterocycles. The number of fused-ring (bicyclic) bond motifs is 1. The summed E-state index contributed by atoms with van der Waals surface area (Å²) in [5.74, 6) is 0.425. The summed E-state index contributed by atoms with van der Waals surface area (Å²) < 4.78 is 9.60. The van der Waals surface area contributed by atoms with E-state index < -0.39 is 20.5 Å². The fourth-order valence-corrected chi connectivity index (χ4v) is 5.20. The van der Waals surface area contributed by atoms with E-state index in [1.54, 1.807) is 0 Å². The van der Waals surface area contributed by atoms with Crippen molar-refractivity contribution in [2.24, 2.45) is 5.92 Å². The van der Waals surface area contributed by atoms with Gasteiger partial charge in [0.15, 0.2) is 0 Å². The Bertz CT molecular complexity index is 445. The summed E-state index contributed by atoms with van der Waals surface area (Å²) in [6.07, 6.45) is 0. The topological polar surface area (TPSA) is 63.9 Å². The number of halogens is 1. The fraction of sp³-hybridized carbons (Fsp3) is 0.273. The zero-order valence-corrected chi connectivity index (χ0v) is 11.3. The van der Waals surface area contributed by atoms with Crippen LogP contribution in [-0.4, -0.2) is 11.8 Å². The molecule has 2 rings (SSSR count). The van der Waals surface area contributed by atoms with Gasteiger partial charge in [-0.05, 0) is 0 Å². The van der Waals surface area contributed by atoms with Gasteiger partial charge in [0.05, 0.1) is 0 Å². The molecule has 16 heavy (non-hydrogen) atoms. The van der Waals surface area contributed by atoms with Gasteiger partial charge in [0.1, 0.15) is 0 Å². The number of nitrogens with one attached hydrogen (secondary N) is 1. The first-order valence-corrected chi connectivity index (χ1v) is 8.04. The van der Waals surface area contributed by atoms with Gasteiger partial charge in [0.25, 0.3) is 0 Å². The maximum atomic E-state index is 11.6. The molecule has 86 valence electrons. The number of carbonyl (C=O) groups excluding carboxylic acids is 1. The van der Waals surface area contributed by atoms with E-state index in [1.165, 1.54) is 0 Å². The van der Waals surface area contributed by atoms with Crippen molar-refractivity contribution in [2.75, 3.05) is 0 Å². The Kier molecular flexibility index (Phi) is 3.13. The first kappa shape index (κ1) is 11.4. The second-order valence-corrected chi connectivity index (χ2v) is 7.35. The average Bonchev–Trinajstić information content (AvgIpc) is 2.57. The van der Waals surface area contributed by atoms with Crippen molar-refractivity contribution in [1.82, 2.24) is 3.53 Å². The normalized spacial score (nSPS) is 15.9. The van der Waals surface area contributed by atoms with Crippen molar-refractivity contribution in [1.29, 1.82) is 0 Å².